The molecule has 4 atom stereocenters. The molecule has 0 aromatic rings. The Morgan fingerprint density at radius 2 is 2.12 bits per heavy atom. The van der Waals surface area contributed by atoms with Crippen LogP contribution < -0.4 is 0 Å². The molecule has 0 spiro atoms. The van der Waals surface area contributed by atoms with Crippen LogP contribution in [-0.2, 0) is 4.74 Å². The second-order valence-electron chi connectivity index (χ2n) is 3.14. The Hall–Kier alpha value is -0.0400. The third kappa shape index (κ3) is 0.455. The monoisotopic (exact) mass is 112 g/mol. The fourth-order valence-electron chi connectivity index (χ4n) is 1.65. The molecule has 1 nitrogen and oxygen atoms in total. The van der Waals surface area contributed by atoms with E-state index in [-0.39, 0.29) is 0 Å². The van der Waals surface area contributed by atoms with E-state index in [4.69, 9.17) is 4.74 Å². The lowest BCUT2D eigenvalue weighted by molar-refractivity contribution is 0.0675. The maximum absolute atomic E-state index is 5.55. The highest BCUT2D eigenvalue weighted by Crippen LogP contribution is 2.49. The van der Waals surface area contributed by atoms with Crippen LogP contribution in [0.15, 0.2) is 0 Å². The Morgan fingerprint density at radius 3 is 2.38 bits per heavy atom. The SMILES string of the molecule is CC1OC2CC2C1C. The van der Waals surface area contributed by atoms with Crippen LogP contribution in [0.3, 0.4) is 0 Å². The van der Waals surface area contributed by atoms with Gasteiger partial charge in [-0.1, -0.05) is 6.92 Å². The van der Waals surface area contributed by atoms with Gasteiger partial charge in [-0.2, -0.15) is 0 Å². The highest BCUT2D eigenvalue weighted by Gasteiger charge is 2.51. The van der Waals surface area contributed by atoms with Crippen molar-refractivity contribution < 1.29 is 4.74 Å². The lowest BCUT2D eigenvalue weighted by Gasteiger charge is -2.10. The van der Waals surface area contributed by atoms with Crippen LogP contribution in [0.5, 0.6) is 0 Å². The van der Waals surface area contributed by atoms with E-state index in [0.29, 0.717) is 12.2 Å². The molecule has 0 amide bonds. The Balaban J connectivity index is 2.08. The van der Waals surface area contributed by atoms with E-state index in [0.717, 1.165) is 11.8 Å². The quantitative estimate of drug-likeness (QED) is 0.460. The second-order valence-corrected chi connectivity index (χ2v) is 3.14. The smallest absolute Gasteiger partial charge is 0.0615 e. The van der Waals surface area contributed by atoms with Crippen molar-refractivity contribution in [2.75, 3.05) is 0 Å². The lowest BCUT2D eigenvalue weighted by Crippen LogP contribution is -2.11. The minimum Gasteiger partial charge on any atom is -0.375 e. The van der Waals surface area contributed by atoms with Crippen molar-refractivity contribution in [3.8, 4) is 0 Å². The lowest BCUT2D eigenvalue weighted by atomic mass is 10.0. The van der Waals surface area contributed by atoms with Crippen LogP contribution in [0, 0.1) is 11.8 Å². The van der Waals surface area contributed by atoms with Crippen molar-refractivity contribution in [2.45, 2.75) is 32.5 Å². The summed E-state index contributed by atoms with van der Waals surface area (Å²) in [6, 6.07) is 0. The number of hydrogen-bond donors (Lipinski definition) is 0. The molecule has 2 fully saturated rings. The molecule has 0 N–H and O–H groups in total. The molecule has 2 rings (SSSR count). The molecule has 1 heterocycles. The van der Waals surface area contributed by atoms with Gasteiger partial charge >= 0.3 is 0 Å². The Morgan fingerprint density at radius 1 is 1.38 bits per heavy atom. The van der Waals surface area contributed by atoms with Gasteiger partial charge in [0.25, 0.3) is 0 Å². The summed E-state index contributed by atoms with van der Waals surface area (Å²) >= 11 is 0. The Bertz CT molecular complexity index is 109. The number of fused-ring (bicyclic) bond motifs is 1. The van der Waals surface area contributed by atoms with Crippen molar-refractivity contribution in [1.29, 1.82) is 0 Å². The minimum atomic E-state index is 0.541. The zero-order valence-corrected chi connectivity index (χ0v) is 5.42. The number of ether oxygens (including phenoxy) is 1. The zero-order valence-electron chi connectivity index (χ0n) is 5.42. The maximum Gasteiger partial charge on any atom is 0.0615 e. The molecule has 1 saturated heterocycles. The second kappa shape index (κ2) is 1.27. The topological polar surface area (TPSA) is 9.23 Å². The zero-order chi connectivity index (χ0) is 5.72. The summed E-state index contributed by atoms with van der Waals surface area (Å²) in [5.74, 6) is 1.77. The summed E-state index contributed by atoms with van der Waals surface area (Å²) in [7, 11) is 0. The van der Waals surface area contributed by atoms with Gasteiger partial charge in [0, 0.05) is 0 Å². The van der Waals surface area contributed by atoms with Gasteiger partial charge in [-0.15, -0.1) is 0 Å². The van der Waals surface area contributed by atoms with E-state index in [9.17, 15) is 0 Å². The van der Waals surface area contributed by atoms with Crippen LogP contribution in [0.4, 0.5) is 0 Å². The van der Waals surface area contributed by atoms with E-state index in [1.165, 1.54) is 6.42 Å². The molecule has 2 aliphatic rings. The molecule has 1 aliphatic heterocycles. The predicted octanol–water partition coefficient (Wildman–Crippen LogP) is 1.43. The van der Waals surface area contributed by atoms with E-state index in [1.54, 1.807) is 0 Å². The van der Waals surface area contributed by atoms with Gasteiger partial charge in [0.1, 0.15) is 0 Å². The summed E-state index contributed by atoms with van der Waals surface area (Å²) in [6.45, 7) is 4.47. The first kappa shape index (κ1) is 4.80. The van der Waals surface area contributed by atoms with Gasteiger partial charge in [-0.25, -0.2) is 0 Å². The molecule has 0 radical (unpaired) electrons. The van der Waals surface area contributed by atoms with Crippen molar-refractivity contribution in [3.05, 3.63) is 0 Å². The number of hydrogen-bond acceptors (Lipinski definition) is 1. The molecular weight excluding hydrogens is 100 g/mol. The summed E-state index contributed by atoms with van der Waals surface area (Å²) < 4.78 is 5.55. The molecule has 1 heteroatoms. The van der Waals surface area contributed by atoms with Gasteiger partial charge in [0.15, 0.2) is 0 Å². The average Bonchev–Trinajstić information content (AvgIpc) is 2.39. The third-order valence-electron chi connectivity index (χ3n) is 2.58. The Labute approximate surface area is 50.0 Å². The summed E-state index contributed by atoms with van der Waals surface area (Å²) in [6.07, 6.45) is 2.55. The first-order valence-corrected chi connectivity index (χ1v) is 3.44. The van der Waals surface area contributed by atoms with Crippen LogP contribution in [0.2, 0.25) is 0 Å². The largest absolute Gasteiger partial charge is 0.375 e. The third-order valence-corrected chi connectivity index (χ3v) is 2.58. The van der Waals surface area contributed by atoms with Crippen molar-refractivity contribution in [2.24, 2.45) is 11.8 Å². The molecule has 46 valence electrons. The van der Waals surface area contributed by atoms with Crippen LogP contribution in [0.1, 0.15) is 20.3 Å². The van der Waals surface area contributed by atoms with E-state index in [1.807, 2.05) is 0 Å². The average molecular weight is 112 g/mol. The van der Waals surface area contributed by atoms with E-state index >= 15 is 0 Å². The standard InChI is InChI=1S/C7H12O/c1-4-5(2)8-7-3-6(4)7/h4-7H,3H2,1-2H3. The molecule has 0 bridgehead atoms. The molecule has 0 aromatic carbocycles. The highest BCUT2D eigenvalue weighted by atomic mass is 16.5. The molecule has 4 unspecified atom stereocenters. The first-order chi connectivity index (χ1) is 3.79. The van der Waals surface area contributed by atoms with Crippen molar-refractivity contribution >= 4 is 0 Å². The highest BCUT2D eigenvalue weighted by molar-refractivity contribution is 4.99. The normalized spacial score (nSPS) is 60.8. The molecule has 0 aromatic heterocycles. The molecule has 1 saturated carbocycles. The van der Waals surface area contributed by atoms with Gasteiger partial charge in [0.05, 0.1) is 12.2 Å². The fourth-order valence-corrected chi connectivity index (χ4v) is 1.65. The van der Waals surface area contributed by atoms with Gasteiger partial charge in [0.2, 0.25) is 0 Å². The summed E-state index contributed by atoms with van der Waals surface area (Å²) in [5.41, 5.74) is 0. The van der Waals surface area contributed by atoms with Crippen LogP contribution >= 0.6 is 0 Å². The fraction of sp³-hybridized carbons (Fsp3) is 1.00. The Kier molecular flexibility index (Phi) is 0.762. The molecule has 8 heavy (non-hydrogen) atoms. The van der Waals surface area contributed by atoms with Crippen molar-refractivity contribution in [1.82, 2.24) is 0 Å². The van der Waals surface area contributed by atoms with Crippen molar-refractivity contribution in [3.63, 3.8) is 0 Å². The number of rotatable bonds is 0. The molecule has 1 aliphatic carbocycles. The first-order valence-electron chi connectivity index (χ1n) is 3.44. The summed E-state index contributed by atoms with van der Waals surface area (Å²) in [4.78, 5) is 0. The predicted molar refractivity (Wildman–Crippen MR) is 31.6 cm³/mol. The summed E-state index contributed by atoms with van der Waals surface area (Å²) in [5, 5.41) is 0. The van der Waals surface area contributed by atoms with Gasteiger partial charge in [-0.05, 0) is 25.2 Å². The van der Waals surface area contributed by atoms with Crippen LogP contribution in [-0.4, -0.2) is 12.2 Å². The van der Waals surface area contributed by atoms with Gasteiger partial charge < -0.3 is 4.74 Å². The van der Waals surface area contributed by atoms with E-state index in [2.05, 4.69) is 13.8 Å². The van der Waals surface area contributed by atoms with E-state index < -0.39 is 0 Å². The van der Waals surface area contributed by atoms with Crippen LogP contribution in [0.25, 0.3) is 0 Å². The van der Waals surface area contributed by atoms with Gasteiger partial charge in [-0.3, -0.25) is 0 Å². The minimum absolute atomic E-state index is 0.541. The molecular formula is C7H12O. The maximum atomic E-state index is 5.55.